The van der Waals surface area contributed by atoms with E-state index in [4.69, 9.17) is 11.6 Å². The standard InChI is InChI=1S/C16H14ClF3N2O/c1-9(12-4-2-11(19)7-14(12)20)21-8-16(23)22-15-5-3-10(18)6-13(15)17/h2-7,9,21H,8H2,1H3,(H,22,23)/p+1/t9-/m1/s1. The second-order valence-electron chi connectivity index (χ2n) is 5.07. The van der Waals surface area contributed by atoms with Crippen LogP contribution in [0.1, 0.15) is 18.5 Å². The van der Waals surface area contributed by atoms with Gasteiger partial charge in [-0.25, -0.2) is 13.2 Å². The Hall–Kier alpha value is -2.05. The average Bonchev–Trinajstić information content (AvgIpc) is 2.48. The Morgan fingerprint density at radius 2 is 1.83 bits per heavy atom. The smallest absolute Gasteiger partial charge is 0.279 e. The molecule has 0 aromatic heterocycles. The maximum atomic E-state index is 13.6. The first-order valence-electron chi connectivity index (χ1n) is 6.90. The van der Waals surface area contributed by atoms with Crippen LogP contribution in [-0.2, 0) is 4.79 Å². The van der Waals surface area contributed by atoms with Crippen LogP contribution in [0.2, 0.25) is 5.02 Å². The summed E-state index contributed by atoms with van der Waals surface area (Å²) in [6.07, 6.45) is 0. The van der Waals surface area contributed by atoms with Gasteiger partial charge in [-0.2, -0.15) is 0 Å². The van der Waals surface area contributed by atoms with E-state index < -0.39 is 17.5 Å². The molecule has 0 unspecified atom stereocenters. The number of hydrogen-bond acceptors (Lipinski definition) is 1. The van der Waals surface area contributed by atoms with Crippen molar-refractivity contribution in [3.63, 3.8) is 0 Å². The van der Waals surface area contributed by atoms with E-state index in [-0.39, 0.29) is 23.5 Å². The van der Waals surface area contributed by atoms with Crippen LogP contribution in [0, 0.1) is 17.5 Å². The third-order valence-corrected chi connectivity index (χ3v) is 3.63. The van der Waals surface area contributed by atoms with E-state index in [9.17, 15) is 18.0 Å². The first kappa shape index (κ1) is 17.3. The number of nitrogens with two attached hydrogens (primary N) is 1. The van der Waals surface area contributed by atoms with Crippen LogP contribution in [0.4, 0.5) is 18.9 Å². The molecule has 0 fully saturated rings. The Bertz CT molecular complexity index is 724. The summed E-state index contributed by atoms with van der Waals surface area (Å²) >= 11 is 5.82. The minimum absolute atomic E-state index is 0.00564. The van der Waals surface area contributed by atoms with Crippen molar-refractivity contribution in [1.29, 1.82) is 0 Å². The molecule has 0 bridgehead atoms. The van der Waals surface area contributed by atoms with Gasteiger partial charge in [0.1, 0.15) is 23.5 Å². The van der Waals surface area contributed by atoms with Gasteiger partial charge in [-0.05, 0) is 37.3 Å². The molecule has 0 spiro atoms. The lowest BCUT2D eigenvalue weighted by atomic mass is 10.1. The van der Waals surface area contributed by atoms with Gasteiger partial charge in [0, 0.05) is 11.6 Å². The largest absolute Gasteiger partial charge is 0.332 e. The van der Waals surface area contributed by atoms with Crippen molar-refractivity contribution in [2.45, 2.75) is 13.0 Å². The molecule has 122 valence electrons. The molecule has 23 heavy (non-hydrogen) atoms. The lowest BCUT2D eigenvalue weighted by Crippen LogP contribution is -2.86. The highest BCUT2D eigenvalue weighted by atomic mass is 35.5. The van der Waals surface area contributed by atoms with Gasteiger partial charge in [-0.15, -0.1) is 0 Å². The van der Waals surface area contributed by atoms with Gasteiger partial charge in [-0.3, -0.25) is 4.79 Å². The van der Waals surface area contributed by atoms with Crippen molar-refractivity contribution in [1.82, 2.24) is 0 Å². The van der Waals surface area contributed by atoms with Gasteiger partial charge >= 0.3 is 0 Å². The topological polar surface area (TPSA) is 45.7 Å². The molecule has 2 aromatic carbocycles. The SMILES string of the molecule is C[C@@H]([NH2+]CC(=O)Nc1ccc(F)cc1Cl)c1ccc(F)cc1F. The lowest BCUT2D eigenvalue weighted by molar-refractivity contribution is -0.682. The molecule has 7 heteroatoms. The third-order valence-electron chi connectivity index (χ3n) is 3.32. The van der Waals surface area contributed by atoms with E-state index in [2.05, 4.69) is 5.32 Å². The lowest BCUT2D eigenvalue weighted by Gasteiger charge is -2.12. The van der Waals surface area contributed by atoms with Crippen LogP contribution in [0.25, 0.3) is 0 Å². The number of anilines is 1. The van der Waals surface area contributed by atoms with Crippen molar-refractivity contribution in [3.05, 3.63) is 64.4 Å². The fraction of sp³-hybridized carbons (Fsp3) is 0.188. The number of carbonyl (C=O) groups is 1. The van der Waals surface area contributed by atoms with Gasteiger partial charge in [0.2, 0.25) is 0 Å². The van der Waals surface area contributed by atoms with Gasteiger partial charge < -0.3 is 10.6 Å². The maximum absolute atomic E-state index is 13.6. The normalized spacial score (nSPS) is 12.0. The number of rotatable bonds is 5. The van der Waals surface area contributed by atoms with E-state index >= 15 is 0 Å². The molecule has 0 aliphatic heterocycles. The van der Waals surface area contributed by atoms with E-state index in [0.29, 0.717) is 11.3 Å². The molecule has 2 rings (SSSR count). The zero-order chi connectivity index (χ0) is 17.0. The highest BCUT2D eigenvalue weighted by molar-refractivity contribution is 6.33. The summed E-state index contributed by atoms with van der Waals surface area (Å²) in [6, 6.07) is 6.59. The first-order valence-corrected chi connectivity index (χ1v) is 7.28. The summed E-state index contributed by atoms with van der Waals surface area (Å²) in [5, 5.41) is 4.24. The number of hydrogen-bond donors (Lipinski definition) is 2. The number of benzene rings is 2. The van der Waals surface area contributed by atoms with Crippen molar-refractivity contribution in [2.75, 3.05) is 11.9 Å². The predicted molar refractivity (Wildman–Crippen MR) is 81.6 cm³/mol. The Morgan fingerprint density at radius 1 is 1.17 bits per heavy atom. The summed E-state index contributed by atoms with van der Waals surface area (Å²) in [5.74, 6) is -2.18. The minimum Gasteiger partial charge on any atom is -0.332 e. The van der Waals surface area contributed by atoms with Crippen LogP contribution >= 0.6 is 11.6 Å². The molecule has 1 amide bonds. The highest BCUT2D eigenvalue weighted by Gasteiger charge is 2.16. The summed E-state index contributed by atoms with van der Waals surface area (Å²) in [6.45, 7) is 1.71. The third kappa shape index (κ3) is 4.71. The molecule has 0 aliphatic rings. The summed E-state index contributed by atoms with van der Waals surface area (Å²) in [7, 11) is 0. The van der Waals surface area contributed by atoms with E-state index in [0.717, 1.165) is 12.1 Å². The number of nitrogens with one attached hydrogen (secondary N) is 1. The fourth-order valence-electron chi connectivity index (χ4n) is 2.07. The molecule has 2 aromatic rings. The summed E-state index contributed by atoms with van der Waals surface area (Å²) < 4.78 is 39.5. The molecule has 0 heterocycles. The predicted octanol–water partition coefficient (Wildman–Crippen LogP) is 3.02. The van der Waals surface area contributed by atoms with Crippen LogP contribution in [-0.4, -0.2) is 12.5 Å². The van der Waals surface area contributed by atoms with Crippen molar-refractivity contribution >= 4 is 23.2 Å². The molecule has 0 aliphatic carbocycles. The summed E-state index contributed by atoms with van der Waals surface area (Å²) in [5.41, 5.74) is 0.603. The number of carbonyl (C=O) groups excluding carboxylic acids is 1. The molecule has 3 nitrogen and oxygen atoms in total. The molecular formula is C16H15ClF3N2O+. The first-order chi connectivity index (χ1) is 10.9. The maximum Gasteiger partial charge on any atom is 0.279 e. The van der Waals surface area contributed by atoms with E-state index in [1.807, 2.05) is 0 Å². The quantitative estimate of drug-likeness (QED) is 0.861. The Balaban J connectivity index is 1.93. The highest BCUT2D eigenvalue weighted by Crippen LogP contribution is 2.22. The van der Waals surface area contributed by atoms with E-state index in [1.54, 1.807) is 12.2 Å². The Kier molecular flexibility index (Phi) is 5.63. The minimum atomic E-state index is -0.657. The number of halogens is 4. The van der Waals surface area contributed by atoms with Crippen molar-refractivity contribution in [2.24, 2.45) is 0 Å². The molecule has 0 radical (unpaired) electrons. The molecule has 1 atom stereocenters. The van der Waals surface area contributed by atoms with Gasteiger partial charge in [-0.1, -0.05) is 11.6 Å². The number of amides is 1. The zero-order valence-corrected chi connectivity index (χ0v) is 13.0. The van der Waals surface area contributed by atoms with E-state index in [1.165, 1.54) is 24.3 Å². The van der Waals surface area contributed by atoms with Crippen LogP contribution < -0.4 is 10.6 Å². The zero-order valence-electron chi connectivity index (χ0n) is 12.2. The van der Waals surface area contributed by atoms with Gasteiger partial charge in [0.25, 0.3) is 5.91 Å². The Labute approximate surface area is 136 Å². The average molecular weight is 344 g/mol. The summed E-state index contributed by atoms with van der Waals surface area (Å²) in [4.78, 5) is 11.9. The fourth-order valence-corrected chi connectivity index (χ4v) is 2.29. The van der Waals surface area contributed by atoms with Gasteiger partial charge in [0.15, 0.2) is 6.54 Å². The monoisotopic (exact) mass is 343 g/mol. The van der Waals surface area contributed by atoms with Crippen LogP contribution in [0.15, 0.2) is 36.4 Å². The second kappa shape index (κ2) is 7.48. The van der Waals surface area contributed by atoms with Crippen molar-refractivity contribution < 1.29 is 23.3 Å². The van der Waals surface area contributed by atoms with Crippen LogP contribution in [0.5, 0.6) is 0 Å². The molecule has 0 saturated heterocycles. The molecular weight excluding hydrogens is 329 g/mol. The number of quaternary nitrogens is 1. The molecule has 0 saturated carbocycles. The van der Waals surface area contributed by atoms with Crippen molar-refractivity contribution in [3.8, 4) is 0 Å². The van der Waals surface area contributed by atoms with Crippen LogP contribution in [0.3, 0.4) is 0 Å². The Morgan fingerprint density at radius 3 is 2.48 bits per heavy atom. The molecule has 3 N–H and O–H groups in total. The van der Waals surface area contributed by atoms with Gasteiger partial charge in [0.05, 0.1) is 10.7 Å². The second-order valence-corrected chi connectivity index (χ2v) is 5.47.